The predicted molar refractivity (Wildman–Crippen MR) is 86.9 cm³/mol. The summed E-state index contributed by atoms with van der Waals surface area (Å²) in [4.78, 5) is 4.92. The number of nitrogens with one attached hydrogen (secondary N) is 2. The molecule has 5 nitrogen and oxygen atoms in total. The third-order valence-corrected chi connectivity index (χ3v) is 6.11. The number of alkyl halides is 5. The molecule has 0 aromatic carbocycles. The van der Waals surface area contributed by atoms with Crippen molar-refractivity contribution in [1.82, 2.24) is 9.97 Å². The molecule has 2 aromatic heterocycles. The second kappa shape index (κ2) is 6.89. The van der Waals surface area contributed by atoms with E-state index in [2.05, 4.69) is 9.97 Å². The Bertz CT molecular complexity index is 1040. The number of nitrogens with zero attached hydrogens (tertiary/aromatic N) is 1. The van der Waals surface area contributed by atoms with Crippen LogP contribution in [-0.4, -0.2) is 24.3 Å². The average molecular weight is 445 g/mol. The van der Waals surface area contributed by atoms with E-state index in [4.69, 9.17) is 0 Å². The van der Waals surface area contributed by atoms with E-state index in [-0.39, 0.29) is 36.6 Å². The summed E-state index contributed by atoms with van der Waals surface area (Å²) in [7, 11) is -4.57. The molecule has 1 atom stereocenters. The molecule has 0 aliphatic heterocycles. The number of fused-ring (bicyclic) bond motifs is 1. The first-order valence-corrected chi connectivity index (χ1v) is 9.71. The first kappa shape index (κ1) is 21.4. The molecule has 0 bridgehead atoms. The van der Waals surface area contributed by atoms with Crippen LogP contribution < -0.4 is 4.72 Å². The molecule has 0 fully saturated rings. The van der Waals surface area contributed by atoms with Crippen molar-refractivity contribution >= 4 is 15.8 Å². The van der Waals surface area contributed by atoms with Crippen LogP contribution in [-0.2, 0) is 29.0 Å². The molecule has 2 N–H and O–H groups in total. The molecule has 29 heavy (non-hydrogen) atoms. The van der Waals surface area contributed by atoms with Crippen LogP contribution in [0.15, 0.2) is 17.2 Å². The Morgan fingerprint density at radius 3 is 2.45 bits per heavy atom. The maximum absolute atomic E-state index is 13.9. The van der Waals surface area contributed by atoms with E-state index >= 15 is 0 Å². The zero-order chi connectivity index (χ0) is 21.8. The maximum Gasteiger partial charge on any atom is 0.420 e. The molecular weight excluding hydrogens is 431 g/mol. The number of H-pyrrole nitrogens is 1. The van der Waals surface area contributed by atoms with Crippen LogP contribution in [0.2, 0.25) is 0 Å². The minimum atomic E-state index is -5.22. The normalized spacial score (nSPS) is 17.9. The van der Waals surface area contributed by atoms with Crippen LogP contribution in [0.4, 0.5) is 36.6 Å². The van der Waals surface area contributed by atoms with E-state index in [9.17, 15) is 39.2 Å². The van der Waals surface area contributed by atoms with Crippen molar-refractivity contribution in [1.29, 1.82) is 0 Å². The highest BCUT2D eigenvalue weighted by Crippen LogP contribution is 2.38. The van der Waals surface area contributed by atoms with Gasteiger partial charge < -0.3 is 4.98 Å². The van der Waals surface area contributed by atoms with Gasteiger partial charge >= 0.3 is 6.18 Å². The molecule has 3 rings (SSSR count). The quantitative estimate of drug-likeness (QED) is 0.545. The number of hydrogen-bond acceptors (Lipinski definition) is 3. The largest absolute Gasteiger partial charge is 0.420 e. The zero-order valence-electron chi connectivity index (χ0n) is 14.7. The van der Waals surface area contributed by atoms with Crippen molar-refractivity contribution in [2.45, 2.75) is 43.2 Å². The van der Waals surface area contributed by atoms with Crippen LogP contribution in [0.1, 0.15) is 30.2 Å². The van der Waals surface area contributed by atoms with Crippen molar-refractivity contribution in [2.24, 2.45) is 5.92 Å². The van der Waals surface area contributed by atoms with E-state index in [0.717, 1.165) is 13.1 Å². The molecule has 0 saturated carbocycles. The zero-order valence-corrected chi connectivity index (χ0v) is 15.5. The Hall–Kier alpha value is -2.31. The molecule has 0 spiro atoms. The topological polar surface area (TPSA) is 74.8 Å². The Morgan fingerprint density at radius 1 is 1.21 bits per heavy atom. The summed E-state index contributed by atoms with van der Waals surface area (Å²) in [6.45, 7) is 0.762. The van der Waals surface area contributed by atoms with Crippen LogP contribution in [0.5, 0.6) is 0 Å². The molecule has 0 amide bonds. The lowest BCUT2D eigenvalue weighted by Gasteiger charge is -2.27. The summed E-state index contributed by atoms with van der Waals surface area (Å²) in [5.41, 5.74) is -1.52. The highest BCUT2D eigenvalue weighted by molar-refractivity contribution is 7.92. The fourth-order valence-corrected chi connectivity index (χ4v) is 4.46. The van der Waals surface area contributed by atoms with Crippen molar-refractivity contribution in [3.8, 4) is 0 Å². The highest BCUT2D eigenvalue weighted by atomic mass is 32.2. The van der Waals surface area contributed by atoms with Crippen LogP contribution in [0.25, 0.3) is 0 Å². The fraction of sp³-hybridized carbons (Fsp3) is 0.438. The van der Waals surface area contributed by atoms with Gasteiger partial charge in [0, 0.05) is 17.8 Å². The summed E-state index contributed by atoms with van der Waals surface area (Å²) in [5, 5.41) is 0. The molecule has 13 heteroatoms. The van der Waals surface area contributed by atoms with Crippen LogP contribution in [0, 0.1) is 17.7 Å². The van der Waals surface area contributed by atoms with E-state index in [0.29, 0.717) is 0 Å². The predicted octanol–water partition coefficient (Wildman–Crippen LogP) is 4.27. The standard InChI is InChI=1S/C16H14F7N3O2S/c1-15(19,20)7-2-3-8-11(4-7)24-6-12(8)29(27,28)26-14-10(17)5-9(13(18)25-14)16(21,22)23/h5-7,24H,2-4H2,1H3,(H,25,26). The van der Waals surface area contributed by atoms with Crippen molar-refractivity contribution in [3.05, 3.63) is 40.8 Å². The van der Waals surface area contributed by atoms with E-state index in [1.807, 2.05) is 0 Å². The lowest BCUT2D eigenvalue weighted by molar-refractivity contribution is -0.140. The third kappa shape index (κ3) is 4.19. The molecule has 1 unspecified atom stereocenters. The summed E-state index contributed by atoms with van der Waals surface area (Å²) in [6, 6.07) is -0.208. The SMILES string of the molecule is CC(F)(F)C1CCc2c(S(=O)(=O)Nc3nc(F)c(C(F)(F)F)cc3F)c[nH]c2C1. The Kier molecular flexibility index (Phi) is 5.08. The first-order valence-electron chi connectivity index (χ1n) is 8.23. The molecule has 1 aliphatic rings. The molecule has 2 heterocycles. The monoisotopic (exact) mass is 445 g/mol. The minimum Gasteiger partial charge on any atom is -0.363 e. The number of aromatic amines is 1. The molecule has 0 saturated heterocycles. The fourth-order valence-electron chi connectivity index (χ4n) is 3.19. The summed E-state index contributed by atoms with van der Waals surface area (Å²) in [5.74, 6) is -9.04. The van der Waals surface area contributed by atoms with Crippen LogP contribution >= 0.6 is 0 Å². The van der Waals surface area contributed by atoms with Gasteiger partial charge in [-0.15, -0.1) is 0 Å². The number of hydrogen-bond donors (Lipinski definition) is 2. The number of halogens is 7. The van der Waals surface area contributed by atoms with Gasteiger partial charge in [-0.25, -0.2) is 21.6 Å². The average Bonchev–Trinajstić information content (AvgIpc) is 2.99. The molecule has 0 radical (unpaired) electrons. The lowest BCUT2D eigenvalue weighted by atomic mass is 9.84. The van der Waals surface area contributed by atoms with Gasteiger partial charge in [0.15, 0.2) is 11.6 Å². The smallest absolute Gasteiger partial charge is 0.363 e. The second-order valence-electron chi connectivity index (χ2n) is 6.77. The highest BCUT2D eigenvalue weighted by Gasteiger charge is 2.39. The van der Waals surface area contributed by atoms with E-state index < -0.39 is 56.1 Å². The van der Waals surface area contributed by atoms with Gasteiger partial charge in [-0.3, -0.25) is 4.72 Å². The maximum atomic E-state index is 13.9. The first-order chi connectivity index (χ1) is 13.2. The summed E-state index contributed by atoms with van der Waals surface area (Å²) < 4.78 is 119. The molecular formula is C16H14F7N3O2S. The molecule has 2 aromatic rings. The van der Waals surface area contributed by atoms with Gasteiger partial charge in [-0.05, 0) is 37.8 Å². The summed E-state index contributed by atoms with van der Waals surface area (Å²) in [6.07, 6.45) is -4.34. The van der Waals surface area contributed by atoms with Crippen molar-refractivity contribution in [2.75, 3.05) is 4.72 Å². The Balaban J connectivity index is 1.91. The number of anilines is 1. The van der Waals surface area contributed by atoms with Gasteiger partial charge in [0.2, 0.25) is 11.9 Å². The van der Waals surface area contributed by atoms with Crippen molar-refractivity contribution < 1.29 is 39.2 Å². The van der Waals surface area contributed by atoms with Gasteiger partial charge in [0.05, 0.1) is 0 Å². The number of pyridine rings is 1. The number of aromatic nitrogens is 2. The van der Waals surface area contributed by atoms with Gasteiger partial charge in [-0.1, -0.05) is 0 Å². The van der Waals surface area contributed by atoms with Crippen LogP contribution in [0.3, 0.4) is 0 Å². The Labute approximate surface area is 160 Å². The van der Waals surface area contributed by atoms with Gasteiger partial charge in [0.25, 0.3) is 10.0 Å². The number of rotatable bonds is 4. The third-order valence-electron chi connectivity index (χ3n) is 4.70. The van der Waals surface area contributed by atoms with E-state index in [1.54, 1.807) is 4.72 Å². The second-order valence-corrected chi connectivity index (χ2v) is 8.42. The van der Waals surface area contributed by atoms with E-state index in [1.165, 1.54) is 0 Å². The number of sulfonamides is 1. The molecule has 1 aliphatic carbocycles. The summed E-state index contributed by atoms with van der Waals surface area (Å²) >= 11 is 0. The molecule has 160 valence electrons. The van der Waals surface area contributed by atoms with Gasteiger partial charge in [0.1, 0.15) is 10.5 Å². The minimum absolute atomic E-state index is 0.00160. The van der Waals surface area contributed by atoms with Crippen molar-refractivity contribution in [3.63, 3.8) is 0 Å². The Morgan fingerprint density at radius 2 is 1.86 bits per heavy atom. The van der Waals surface area contributed by atoms with Gasteiger partial charge in [-0.2, -0.15) is 22.5 Å². The lowest BCUT2D eigenvalue weighted by Crippen LogP contribution is -2.30.